The average Bonchev–Trinajstić information content (AvgIpc) is 2.46. The molecule has 0 saturated heterocycles. The van der Waals surface area contributed by atoms with E-state index < -0.39 is 5.97 Å². The molecule has 5 heteroatoms. The molecule has 1 aromatic rings. The third-order valence-corrected chi connectivity index (χ3v) is 3.79. The Hall–Kier alpha value is -1.81. The van der Waals surface area contributed by atoms with Crippen LogP contribution in [0.15, 0.2) is 24.3 Å². The van der Waals surface area contributed by atoms with Crippen LogP contribution in [0.5, 0.6) is 0 Å². The fraction of sp³-hybridized carbons (Fsp3) is 0.375. The Kier molecular flexibility index (Phi) is 6.43. The minimum atomic E-state index is -1.04. The first-order valence-corrected chi connectivity index (χ1v) is 7.26. The van der Waals surface area contributed by atoms with Gasteiger partial charge in [-0.25, -0.2) is 4.79 Å². The van der Waals surface area contributed by atoms with Gasteiger partial charge in [-0.15, -0.1) is 0 Å². The van der Waals surface area contributed by atoms with Crippen LogP contribution in [0, 0.1) is 0 Å². The monoisotopic (exact) mass is 309 g/mol. The molecule has 0 aliphatic heterocycles. The lowest BCUT2D eigenvalue weighted by Crippen LogP contribution is -2.36. The number of halogens is 1. The number of carbonyl (C=O) groups is 2. The predicted molar refractivity (Wildman–Crippen MR) is 84.6 cm³/mol. The number of carbonyl (C=O) groups excluding carboxylic acids is 1. The number of carboxylic acid groups (broad SMARTS) is 1. The maximum atomic E-state index is 12.4. The van der Waals surface area contributed by atoms with Gasteiger partial charge < -0.3 is 10.0 Å². The minimum Gasteiger partial charge on any atom is -0.478 e. The fourth-order valence-electron chi connectivity index (χ4n) is 2.16. The van der Waals surface area contributed by atoms with E-state index in [4.69, 9.17) is 16.7 Å². The quantitative estimate of drug-likeness (QED) is 0.815. The number of amides is 1. The zero-order chi connectivity index (χ0) is 16.0. The van der Waals surface area contributed by atoms with E-state index in [2.05, 4.69) is 0 Å². The van der Waals surface area contributed by atoms with Crippen molar-refractivity contribution < 1.29 is 14.7 Å². The Balaban J connectivity index is 2.98. The molecule has 0 bridgehead atoms. The molecule has 1 amide bonds. The Morgan fingerprint density at radius 2 is 1.95 bits per heavy atom. The van der Waals surface area contributed by atoms with E-state index in [-0.39, 0.29) is 11.9 Å². The van der Waals surface area contributed by atoms with Gasteiger partial charge in [-0.05, 0) is 36.6 Å². The number of rotatable bonds is 6. The topological polar surface area (TPSA) is 57.6 Å². The second-order valence-electron chi connectivity index (χ2n) is 4.79. The second-order valence-corrected chi connectivity index (χ2v) is 5.20. The Labute approximate surface area is 130 Å². The van der Waals surface area contributed by atoms with E-state index in [0.717, 1.165) is 18.9 Å². The van der Waals surface area contributed by atoms with Crippen LogP contribution in [-0.2, 0) is 4.79 Å². The molecule has 0 spiro atoms. The fourth-order valence-corrected chi connectivity index (χ4v) is 2.41. The van der Waals surface area contributed by atoms with Gasteiger partial charge in [0.2, 0.25) is 0 Å². The molecule has 0 aromatic heterocycles. The highest BCUT2D eigenvalue weighted by atomic mass is 35.5. The van der Waals surface area contributed by atoms with Gasteiger partial charge in [0.25, 0.3) is 5.91 Å². The molecule has 0 heterocycles. The van der Waals surface area contributed by atoms with Gasteiger partial charge in [-0.2, -0.15) is 0 Å². The molecule has 0 aliphatic carbocycles. The van der Waals surface area contributed by atoms with Crippen molar-refractivity contribution in [1.29, 1.82) is 0 Å². The van der Waals surface area contributed by atoms with Crippen molar-refractivity contribution in [2.24, 2.45) is 0 Å². The van der Waals surface area contributed by atoms with Crippen molar-refractivity contribution in [2.45, 2.75) is 32.7 Å². The molecule has 21 heavy (non-hydrogen) atoms. The number of carboxylic acids is 1. The summed E-state index contributed by atoms with van der Waals surface area (Å²) >= 11 is 6.09. The van der Waals surface area contributed by atoms with Gasteiger partial charge in [0.1, 0.15) is 0 Å². The van der Waals surface area contributed by atoms with Gasteiger partial charge >= 0.3 is 5.97 Å². The van der Waals surface area contributed by atoms with E-state index in [1.807, 2.05) is 13.8 Å². The van der Waals surface area contributed by atoms with Crippen LogP contribution >= 0.6 is 11.6 Å². The lowest BCUT2D eigenvalue weighted by molar-refractivity contribution is -0.131. The number of hydrogen-bond acceptors (Lipinski definition) is 2. The highest BCUT2D eigenvalue weighted by molar-refractivity contribution is 6.32. The van der Waals surface area contributed by atoms with Crippen LogP contribution in [-0.4, -0.2) is 35.0 Å². The summed E-state index contributed by atoms with van der Waals surface area (Å²) in [7, 11) is 1.78. The molecule has 0 unspecified atom stereocenters. The summed E-state index contributed by atoms with van der Waals surface area (Å²) in [6.07, 6.45) is 4.21. The SMILES string of the molecule is CCC(CC)N(C)C(=O)c1ccc(/C=C/C(=O)O)c(Cl)c1. The molecule has 1 rings (SSSR count). The van der Waals surface area contributed by atoms with Crippen molar-refractivity contribution in [1.82, 2.24) is 4.90 Å². The molecular weight excluding hydrogens is 290 g/mol. The molecular formula is C16H20ClNO3. The standard InChI is InChI=1S/C16H20ClNO3/c1-4-13(5-2)18(3)16(21)12-7-6-11(14(17)10-12)8-9-15(19)20/h6-10,13H,4-5H2,1-3H3,(H,19,20)/b9-8+. The number of nitrogens with zero attached hydrogens (tertiary/aromatic N) is 1. The van der Waals surface area contributed by atoms with Crippen LogP contribution in [0.1, 0.15) is 42.6 Å². The normalized spacial score (nSPS) is 11.1. The Morgan fingerprint density at radius 1 is 1.33 bits per heavy atom. The van der Waals surface area contributed by atoms with E-state index in [9.17, 15) is 9.59 Å². The van der Waals surface area contributed by atoms with Crippen LogP contribution in [0.4, 0.5) is 0 Å². The molecule has 0 fully saturated rings. The van der Waals surface area contributed by atoms with Gasteiger partial charge in [0.05, 0.1) is 0 Å². The lowest BCUT2D eigenvalue weighted by atomic mass is 10.1. The van der Waals surface area contributed by atoms with Crippen molar-refractivity contribution >= 4 is 29.6 Å². The molecule has 0 atom stereocenters. The highest BCUT2D eigenvalue weighted by Crippen LogP contribution is 2.21. The zero-order valence-corrected chi connectivity index (χ0v) is 13.2. The maximum Gasteiger partial charge on any atom is 0.328 e. The summed E-state index contributed by atoms with van der Waals surface area (Å²) in [6, 6.07) is 5.08. The van der Waals surface area contributed by atoms with Gasteiger partial charge in [0, 0.05) is 29.8 Å². The van der Waals surface area contributed by atoms with E-state index in [1.54, 1.807) is 30.1 Å². The minimum absolute atomic E-state index is 0.0839. The van der Waals surface area contributed by atoms with Crippen LogP contribution in [0.25, 0.3) is 6.08 Å². The van der Waals surface area contributed by atoms with Crippen molar-refractivity contribution in [3.05, 3.63) is 40.4 Å². The molecule has 114 valence electrons. The van der Waals surface area contributed by atoms with E-state index in [0.29, 0.717) is 16.1 Å². The first-order chi connectivity index (χ1) is 9.90. The van der Waals surface area contributed by atoms with Crippen LogP contribution < -0.4 is 0 Å². The summed E-state index contributed by atoms with van der Waals surface area (Å²) < 4.78 is 0. The van der Waals surface area contributed by atoms with Crippen LogP contribution in [0.2, 0.25) is 5.02 Å². The third kappa shape index (κ3) is 4.60. The van der Waals surface area contributed by atoms with E-state index in [1.165, 1.54) is 6.08 Å². The van der Waals surface area contributed by atoms with Gasteiger partial charge in [-0.3, -0.25) is 4.79 Å². The highest BCUT2D eigenvalue weighted by Gasteiger charge is 2.18. The third-order valence-electron chi connectivity index (χ3n) is 3.46. The van der Waals surface area contributed by atoms with Gasteiger partial charge in [-0.1, -0.05) is 31.5 Å². The molecule has 1 N–H and O–H groups in total. The summed E-state index contributed by atoms with van der Waals surface area (Å²) in [5.41, 5.74) is 1.07. The van der Waals surface area contributed by atoms with Gasteiger partial charge in [0.15, 0.2) is 0 Å². The number of benzene rings is 1. The largest absolute Gasteiger partial charge is 0.478 e. The van der Waals surface area contributed by atoms with Crippen LogP contribution in [0.3, 0.4) is 0 Å². The molecule has 0 saturated carbocycles. The first-order valence-electron chi connectivity index (χ1n) is 6.88. The Morgan fingerprint density at radius 3 is 2.43 bits per heavy atom. The lowest BCUT2D eigenvalue weighted by Gasteiger charge is -2.26. The summed E-state index contributed by atoms with van der Waals surface area (Å²) in [4.78, 5) is 24.6. The molecule has 0 radical (unpaired) electrons. The summed E-state index contributed by atoms with van der Waals surface area (Å²) in [6.45, 7) is 4.09. The number of hydrogen-bond donors (Lipinski definition) is 1. The average molecular weight is 310 g/mol. The zero-order valence-electron chi connectivity index (χ0n) is 12.5. The summed E-state index contributed by atoms with van der Waals surface area (Å²) in [5, 5.41) is 8.96. The first kappa shape index (κ1) is 17.2. The predicted octanol–water partition coefficient (Wildman–Crippen LogP) is 3.70. The molecule has 4 nitrogen and oxygen atoms in total. The van der Waals surface area contributed by atoms with Crippen molar-refractivity contribution in [3.8, 4) is 0 Å². The second kappa shape index (κ2) is 7.84. The van der Waals surface area contributed by atoms with Crippen molar-refractivity contribution in [2.75, 3.05) is 7.05 Å². The van der Waals surface area contributed by atoms with E-state index >= 15 is 0 Å². The Bertz CT molecular complexity index is 550. The summed E-state index contributed by atoms with van der Waals surface area (Å²) in [5.74, 6) is -1.13. The maximum absolute atomic E-state index is 12.4. The molecule has 1 aromatic carbocycles. The number of aliphatic carboxylic acids is 1. The van der Waals surface area contributed by atoms with Crippen molar-refractivity contribution in [3.63, 3.8) is 0 Å². The smallest absolute Gasteiger partial charge is 0.328 e. The molecule has 0 aliphatic rings.